The van der Waals surface area contributed by atoms with Crippen LogP contribution in [0.1, 0.15) is 28.0 Å². The van der Waals surface area contributed by atoms with Gasteiger partial charge in [0, 0.05) is 36.8 Å². The van der Waals surface area contributed by atoms with Gasteiger partial charge in [0.05, 0.1) is 5.92 Å². The minimum Gasteiger partial charge on any atom is -0.420 e. The number of nitrogens with zero attached hydrogens (tertiary/aromatic N) is 5. The van der Waals surface area contributed by atoms with Crippen LogP contribution >= 0.6 is 0 Å². The van der Waals surface area contributed by atoms with Crippen molar-refractivity contribution in [2.24, 2.45) is 5.92 Å². The molecule has 0 spiro atoms. The zero-order valence-electron chi connectivity index (χ0n) is 16.9. The maximum Gasteiger partial charge on any atom is 0.272 e. The molecule has 7 nitrogen and oxygen atoms in total. The summed E-state index contributed by atoms with van der Waals surface area (Å²) in [4.78, 5) is 21.4. The first-order valence-electron chi connectivity index (χ1n) is 9.77. The van der Waals surface area contributed by atoms with Gasteiger partial charge in [-0.05, 0) is 45.3 Å². The minimum absolute atomic E-state index is 0.00359. The van der Waals surface area contributed by atoms with Gasteiger partial charge in [0.15, 0.2) is 0 Å². The van der Waals surface area contributed by atoms with Crippen LogP contribution < -0.4 is 0 Å². The highest BCUT2D eigenvalue weighted by Crippen LogP contribution is 2.34. The van der Waals surface area contributed by atoms with E-state index < -0.39 is 0 Å². The molecular weight excluding hydrogens is 366 g/mol. The zero-order chi connectivity index (χ0) is 20.4. The van der Waals surface area contributed by atoms with E-state index in [4.69, 9.17) is 4.42 Å². The summed E-state index contributed by atoms with van der Waals surface area (Å²) < 4.78 is 6.02. The summed E-state index contributed by atoms with van der Waals surface area (Å²) in [6.07, 6.45) is 0. The topological polar surface area (TPSA) is 75.4 Å². The van der Waals surface area contributed by atoms with Gasteiger partial charge >= 0.3 is 0 Å². The van der Waals surface area contributed by atoms with E-state index in [2.05, 4.69) is 20.1 Å². The van der Waals surface area contributed by atoms with Crippen LogP contribution in [0.2, 0.25) is 0 Å². The van der Waals surface area contributed by atoms with Crippen LogP contribution in [-0.4, -0.2) is 64.6 Å². The molecule has 3 aromatic rings. The average Bonchev–Trinajstić information content (AvgIpc) is 3.35. The Bertz CT molecular complexity index is 986. The average molecular weight is 391 g/mol. The van der Waals surface area contributed by atoms with Crippen molar-refractivity contribution in [2.75, 3.05) is 33.7 Å². The second-order valence-corrected chi connectivity index (χ2v) is 7.81. The van der Waals surface area contributed by atoms with Gasteiger partial charge in [-0.1, -0.05) is 24.3 Å². The number of benzene rings is 1. The monoisotopic (exact) mass is 391 g/mol. The van der Waals surface area contributed by atoms with E-state index in [0.717, 1.165) is 17.8 Å². The summed E-state index contributed by atoms with van der Waals surface area (Å²) in [5.74, 6) is 1.25. The number of hydrogen-bond donors (Lipinski definition) is 0. The molecule has 2 aromatic heterocycles. The van der Waals surface area contributed by atoms with Crippen molar-refractivity contribution < 1.29 is 9.21 Å². The highest BCUT2D eigenvalue weighted by molar-refractivity contribution is 5.92. The number of pyridine rings is 1. The highest BCUT2D eigenvalue weighted by atomic mass is 16.4. The third-order valence-electron chi connectivity index (χ3n) is 5.21. The molecule has 1 amide bonds. The second-order valence-electron chi connectivity index (χ2n) is 7.81. The third kappa shape index (κ3) is 4.19. The molecule has 0 radical (unpaired) electrons. The molecule has 150 valence electrons. The second kappa shape index (κ2) is 8.13. The van der Waals surface area contributed by atoms with E-state index in [1.807, 2.05) is 68.4 Å². The molecule has 0 saturated carbocycles. The van der Waals surface area contributed by atoms with Crippen molar-refractivity contribution in [3.05, 3.63) is 65.8 Å². The Morgan fingerprint density at radius 1 is 1.10 bits per heavy atom. The summed E-state index contributed by atoms with van der Waals surface area (Å²) in [5.41, 5.74) is 2.20. The number of carbonyl (C=O) groups excluding carboxylic acids is 1. The molecule has 29 heavy (non-hydrogen) atoms. The Balaban J connectivity index is 1.58. The predicted molar refractivity (Wildman–Crippen MR) is 109 cm³/mol. The van der Waals surface area contributed by atoms with Crippen LogP contribution in [0.3, 0.4) is 0 Å². The van der Waals surface area contributed by atoms with Gasteiger partial charge < -0.3 is 14.2 Å². The number of carbonyl (C=O) groups is 1. The van der Waals surface area contributed by atoms with Gasteiger partial charge in [-0.15, -0.1) is 10.2 Å². The lowest BCUT2D eigenvalue weighted by Gasteiger charge is -2.19. The molecule has 0 bridgehead atoms. The quantitative estimate of drug-likeness (QED) is 0.666. The number of rotatable bonds is 5. The van der Waals surface area contributed by atoms with E-state index in [1.54, 1.807) is 6.07 Å². The predicted octanol–water partition coefficient (Wildman–Crippen LogP) is 2.86. The fourth-order valence-corrected chi connectivity index (χ4v) is 3.88. The first kappa shape index (κ1) is 19.3. The molecule has 1 aromatic carbocycles. The standard InChI is InChI=1S/C22H25N5O2/c1-15-8-7-11-19(23-15)22(28)27-13-17(12-26(2)3)18(14-27)21-25-24-20(29-21)16-9-5-4-6-10-16/h4-11,17-18H,12-14H2,1-3H3/t17-,18-/m0/s1. The fourth-order valence-electron chi connectivity index (χ4n) is 3.88. The Morgan fingerprint density at radius 3 is 2.62 bits per heavy atom. The largest absolute Gasteiger partial charge is 0.420 e. The molecule has 3 heterocycles. The van der Waals surface area contributed by atoms with E-state index in [0.29, 0.717) is 30.6 Å². The minimum atomic E-state index is -0.0530. The summed E-state index contributed by atoms with van der Waals surface area (Å²) in [6.45, 7) is 3.91. The van der Waals surface area contributed by atoms with Crippen LogP contribution in [0.15, 0.2) is 52.9 Å². The van der Waals surface area contributed by atoms with Crippen molar-refractivity contribution in [1.82, 2.24) is 25.0 Å². The number of amides is 1. The Hall–Kier alpha value is -3.06. The number of likely N-dealkylation sites (tertiary alicyclic amines) is 1. The molecule has 7 heteroatoms. The van der Waals surface area contributed by atoms with Gasteiger partial charge in [-0.3, -0.25) is 4.79 Å². The number of hydrogen-bond acceptors (Lipinski definition) is 6. The molecule has 2 atom stereocenters. The van der Waals surface area contributed by atoms with Crippen LogP contribution in [0, 0.1) is 12.8 Å². The van der Waals surface area contributed by atoms with Gasteiger partial charge in [-0.2, -0.15) is 0 Å². The smallest absolute Gasteiger partial charge is 0.272 e. The molecule has 0 N–H and O–H groups in total. The van der Waals surface area contributed by atoms with E-state index in [-0.39, 0.29) is 17.7 Å². The normalized spacial score (nSPS) is 19.1. The van der Waals surface area contributed by atoms with Crippen LogP contribution in [0.5, 0.6) is 0 Å². The van der Waals surface area contributed by atoms with Crippen LogP contribution in [0.25, 0.3) is 11.5 Å². The lowest BCUT2D eigenvalue weighted by molar-refractivity contribution is 0.0778. The maximum absolute atomic E-state index is 13.0. The van der Waals surface area contributed by atoms with E-state index >= 15 is 0 Å². The van der Waals surface area contributed by atoms with Gasteiger partial charge in [0.2, 0.25) is 11.8 Å². The molecule has 1 aliphatic rings. The fraction of sp³-hybridized carbons (Fsp3) is 0.364. The van der Waals surface area contributed by atoms with Crippen molar-refractivity contribution in [3.63, 3.8) is 0 Å². The zero-order valence-corrected chi connectivity index (χ0v) is 16.9. The summed E-state index contributed by atoms with van der Waals surface area (Å²) in [5, 5.41) is 8.56. The molecule has 1 saturated heterocycles. The van der Waals surface area contributed by atoms with Crippen LogP contribution in [-0.2, 0) is 0 Å². The molecule has 4 rings (SSSR count). The van der Waals surface area contributed by atoms with E-state index in [9.17, 15) is 4.79 Å². The molecule has 1 fully saturated rings. The van der Waals surface area contributed by atoms with Gasteiger partial charge in [0.25, 0.3) is 5.91 Å². The van der Waals surface area contributed by atoms with Crippen molar-refractivity contribution >= 4 is 5.91 Å². The molecule has 0 unspecified atom stereocenters. The Labute approximate surface area is 170 Å². The number of aromatic nitrogens is 3. The van der Waals surface area contributed by atoms with Crippen molar-refractivity contribution in [1.29, 1.82) is 0 Å². The Kier molecular flexibility index (Phi) is 5.40. The Morgan fingerprint density at radius 2 is 1.90 bits per heavy atom. The van der Waals surface area contributed by atoms with Gasteiger partial charge in [0.1, 0.15) is 5.69 Å². The maximum atomic E-state index is 13.0. The van der Waals surface area contributed by atoms with E-state index in [1.165, 1.54) is 0 Å². The number of aryl methyl sites for hydroxylation is 1. The molecule has 0 aliphatic carbocycles. The lowest BCUT2D eigenvalue weighted by atomic mass is 9.95. The van der Waals surface area contributed by atoms with Crippen molar-refractivity contribution in [3.8, 4) is 11.5 Å². The molecular formula is C22H25N5O2. The van der Waals surface area contributed by atoms with Crippen LogP contribution in [0.4, 0.5) is 0 Å². The van der Waals surface area contributed by atoms with Gasteiger partial charge in [-0.25, -0.2) is 4.98 Å². The highest BCUT2D eigenvalue weighted by Gasteiger charge is 2.40. The first-order valence-corrected chi connectivity index (χ1v) is 9.77. The SMILES string of the molecule is Cc1cccc(C(=O)N2C[C@H](CN(C)C)[C@@H](c3nnc(-c4ccccc4)o3)C2)n1. The lowest BCUT2D eigenvalue weighted by Crippen LogP contribution is -2.31. The molecule has 1 aliphatic heterocycles. The summed E-state index contributed by atoms with van der Waals surface area (Å²) >= 11 is 0. The third-order valence-corrected chi connectivity index (χ3v) is 5.21. The first-order chi connectivity index (χ1) is 14.0. The summed E-state index contributed by atoms with van der Waals surface area (Å²) in [6, 6.07) is 15.3. The van der Waals surface area contributed by atoms with Crippen molar-refractivity contribution in [2.45, 2.75) is 12.8 Å². The summed E-state index contributed by atoms with van der Waals surface area (Å²) in [7, 11) is 4.07.